The first kappa shape index (κ1) is 30.8. The number of hydrogen-bond acceptors (Lipinski definition) is 10. The van der Waals surface area contributed by atoms with Crippen LogP contribution in [0.4, 0.5) is 13.2 Å². The third-order valence-corrected chi connectivity index (χ3v) is 9.78. The molecule has 6 atom stereocenters. The van der Waals surface area contributed by atoms with E-state index in [1.807, 2.05) is 20.8 Å². The van der Waals surface area contributed by atoms with Crippen LogP contribution >= 0.6 is 11.8 Å². The van der Waals surface area contributed by atoms with Gasteiger partial charge in [0.15, 0.2) is 17.5 Å². The van der Waals surface area contributed by atoms with Crippen molar-refractivity contribution in [2.45, 2.75) is 93.5 Å². The van der Waals surface area contributed by atoms with Crippen LogP contribution in [0.2, 0.25) is 0 Å². The van der Waals surface area contributed by atoms with E-state index in [0.717, 1.165) is 53.5 Å². The third-order valence-electron chi connectivity index (χ3n) is 8.19. The predicted octanol–water partition coefficient (Wildman–Crippen LogP) is 3.23. The summed E-state index contributed by atoms with van der Waals surface area (Å²) in [5.41, 5.74) is 0.296. The Morgan fingerprint density at radius 2 is 1.64 bits per heavy atom. The van der Waals surface area contributed by atoms with E-state index < -0.39 is 64.7 Å². The van der Waals surface area contributed by atoms with Gasteiger partial charge in [-0.3, -0.25) is 9.97 Å². The highest BCUT2D eigenvalue weighted by molar-refractivity contribution is 8.00. The Morgan fingerprint density at radius 1 is 1.00 bits per heavy atom. The van der Waals surface area contributed by atoms with Gasteiger partial charge < -0.3 is 25.2 Å². The van der Waals surface area contributed by atoms with Gasteiger partial charge in [-0.05, 0) is 45.7 Å². The highest BCUT2D eigenvalue weighted by atomic mass is 32.2. The number of aliphatic hydroxyl groups is 4. The minimum absolute atomic E-state index is 0.0288. The van der Waals surface area contributed by atoms with Crippen molar-refractivity contribution >= 4 is 11.8 Å². The minimum atomic E-state index is -1.62. The van der Waals surface area contributed by atoms with Crippen molar-refractivity contribution < 1.29 is 38.3 Å². The van der Waals surface area contributed by atoms with Gasteiger partial charge in [0.1, 0.15) is 35.5 Å². The summed E-state index contributed by atoms with van der Waals surface area (Å²) in [6.07, 6.45) is 0.863. The highest BCUT2D eigenvalue weighted by Gasteiger charge is 2.50. The van der Waals surface area contributed by atoms with Crippen LogP contribution in [0.5, 0.6) is 0 Å². The first-order valence-corrected chi connectivity index (χ1v) is 14.8. The number of rotatable bonds is 7. The molecule has 0 amide bonds. The quantitative estimate of drug-likeness (QED) is 0.295. The number of aliphatic hydroxyl groups excluding tert-OH is 3. The Balaban J connectivity index is 1.50. The van der Waals surface area contributed by atoms with Crippen molar-refractivity contribution in [1.82, 2.24) is 25.0 Å². The summed E-state index contributed by atoms with van der Waals surface area (Å²) >= 11 is 1.14. The number of thioether (sulfide) groups is 1. The fraction of sp³-hybridized carbons (Fsp3) is 0.571. The topological polar surface area (TPSA) is 147 Å². The minimum Gasteiger partial charge on any atom is -0.394 e. The zero-order chi connectivity index (χ0) is 30.3. The number of aryl methyl sites for hydroxylation is 3. The van der Waals surface area contributed by atoms with Crippen LogP contribution in [0.3, 0.4) is 0 Å². The van der Waals surface area contributed by atoms with Crippen molar-refractivity contribution in [3.8, 4) is 11.3 Å². The number of halogens is 3. The van der Waals surface area contributed by atoms with Gasteiger partial charge in [0.2, 0.25) is 0 Å². The van der Waals surface area contributed by atoms with E-state index in [0.29, 0.717) is 29.9 Å². The molecule has 1 aromatic carbocycles. The Labute approximate surface area is 245 Å². The molecule has 5 rings (SSSR count). The molecule has 3 aromatic rings. The molecule has 3 heterocycles. The zero-order valence-electron chi connectivity index (χ0n) is 23.4. The van der Waals surface area contributed by atoms with E-state index in [1.54, 1.807) is 0 Å². The van der Waals surface area contributed by atoms with E-state index in [-0.39, 0.29) is 11.3 Å². The summed E-state index contributed by atoms with van der Waals surface area (Å²) < 4.78 is 48.3. The predicted molar refractivity (Wildman–Crippen MR) is 147 cm³/mol. The third kappa shape index (κ3) is 5.80. The number of aromatic nitrogens is 5. The monoisotopic (exact) mass is 609 g/mol. The van der Waals surface area contributed by atoms with Crippen molar-refractivity contribution in [2.24, 2.45) is 0 Å². The molecular weight excluding hydrogens is 575 g/mol. The fourth-order valence-electron chi connectivity index (χ4n) is 5.74. The normalized spacial score (nSPS) is 26.8. The van der Waals surface area contributed by atoms with Crippen molar-refractivity contribution in [2.75, 3.05) is 6.61 Å². The molecule has 10 nitrogen and oxygen atoms in total. The maximum Gasteiger partial charge on any atom is 0.194 e. The fourth-order valence-corrected chi connectivity index (χ4v) is 7.38. The first-order valence-electron chi connectivity index (χ1n) is 13.8. The van der Waals surface area contributed by atoms with Gasteiger partial charge in [0, 0.05) is 5.56 Å². The maximum absolute atomic E-state index is 13.9. The molecule has 1 aliphatic carbocycles. The lowest BCUT2D eigenvalue weighted by molar-refractivity contribution is -0.179. The molecule has 42 heavy (non-hydrogen) atoms. The number of benzene rings is 1. The molecule has 0 unspecified atom stereocenters. The highest BCUT2D eigenvalue weighted by Crippen LogP contribution is 2.50. The summed E-state index contributed by atoms with van der Waals surface area (Å²) in [7, 11) is 0. The molecule has 14 heteroatoms. The summed E-state index contributed by atoms with van der Waals surface area (Å²) in [5.74, 6) is -4.43. The van der Waals surface area contributed by atoms with Gasteiger partial charge in [0.25, 0.3) is 0 Å². The van der Waals surface area contributed by atoms with Gasteiger partial charge in [0.05, 0.1) is 46.4 Å². The lowest BCUT2D eigenvalue weighted by Gasteiger charge is -2.45. The van der Waals surface area contributed by atoms with E-state index in [9.17, 15) is 33.6 Å². The van der Waals surface area contributed by atoms with Crippen LogP contribution in [-0.2, 0) is 4.74 Å². The van der Waals surface area contributed by atoms with E-state index >= 15 is 0 Å². The molecular formula is C28H34F3N5O5S. The standard InChI is InChI=1S/C28H34F3N5O5S/c1-13-14(2)33-22(15(3)32-13)26(28(40)7-5-4-6-8-28)42-27-25(39)23(24(38)20(12-37)41-27)36-11-19(34-35-36)16-9-17(29)21(31)18(30)10-16/h9-11,20,23-27,37-40H,4-8,12H2,1-3H3/t20-,23+,24+,25-,26+,27+/m1/s1. The molecule has 1 aliphatic heterocycles. The molecule has 4 N–H and O–H groups in total. The molecule has 2 fully saturated rings. The smallest absolute Gasteiger partial charge is 0.194 e. The van der Waals surface area contributed by atoms with Gasteiger partial charge in [-0.1, -0.05) is 24.5 Å². The Kier molecular flexibility index (Phi) is 8.93. The van der Waals surface area contributed by atoms with Crippen LogP contribution in [-0.4, -0.2) is 81.3 Å². The van der Waals surface area contributed by atoms with Gasteiger partial charge >= 0.3 is 0 Å². The Bertz CT molecular complexity index is 1420. The summed E-state index contributed by atoms with van der Waals surface area (Å²) in [6, 6.07) is 0.334. The van der Waals surface area contributed by atoms with Gasteiger partial charge in [-0.2, -0.15) is 0 Å². The van der Waals surface area contributed by atoms with Gasteiger partial charge in [-0.15, -0.1) is 16.9 Å². The van der Waals surface area contributed by atoms with Crippen LogP contribution < -0.4 is 0 Å². The molecule has 0 spiro atoms. The molecule has 0 radical (unpaired) electrons. The first-order chi connectivity index (χ1) is 19.9. The van der Waals surface area contributed by atoms with Crippen molar-refractivity contribution in [1.29, 1.82) is 0 Å². The zero-order valence-corrected chi connectivity index (χ0v) is 24.2. The van der Waals surface area contributed by atoms with E-state index in [1.165, 1.54) is 6.20 Å². The van der Waals surface area contributed by atoms with Crippen molar-refractivity contribution in [3.05, 3.63) is 58.6 Å². The summed E-state index contributed by atoms with van der Waals surface area (Å²) in [4.78, 5) is 9.39. The Morgan fingerprint density at radius 3 is 2.29 bits per heavy atom. The second kappa shape index (κ2) is 12.2. The van der Waals surface area contributed by atoms with E-state index in [4.69, 9.17) is 9.72 Å². The van der Waals surface area contributed by atoms with Crippen LogP contribution in [0.1, 0.15) is 66.2 Å². The van der Waals surface area contributed by atoms with Crippen molar-refractivity contribution in [3.63, 3.8) is 0 Å². The second-order valence-corrected chi connectivity index (χ2v) is 12.3. The molecule has 0 bridgehead atoms. The second-order valence-electron chi connectivity index (χ2n) is 11.1. The molecule has 1 saturated carbocycles. The van der Waals surface area contributed by atoms with Crippen LogP contribution in [0.15, 0.2) is 18.3 Å². The van der Waals surface area contributed by atoms with Crippen LogP contribution in [0.25, 0.3) is 11.3 Å². The maximum atomic E-state index is 13.9. The Hall–Kier alpha value is -2.62. The molecule has 228 valence electrons. The lowest BCUT2D eigenvalue weighted by atomic mass is 9.81. The average Bonchev–Trinajstić information content (AvgIpc) is 3.43. The lowest BCUT2D eigenvalue weighted by Crippen LogP contribution is -2.55. The molecule has 1 saturated heterocycles. The van der Waals surface area contributed by atoms with Crippen LogP contribution in [0, 0.1) is 38.2 Å². The summed E-state index contributed by atoms with van der Waals surface area (Å²) in [5, 5.41) is 51.8. The number of hydrogen-bond donors (Lipinski definition) is 4. The SMILES string of the molecule is Cc1nc(C)c([C@H](S[C@@H]2O[C@H](CO)[C@H](O)[C@H](n3cc(-c4cc(F)c(F)c(F)c4)nn3)[C@H]2O)C2(O)CCCCC2)nc1C. The molecule has 2 aliphatic rings. The molecule has 2 aromatic heterocycles. The summed E-state index contributed by atoms with van der Waals surface area (Å²) in [6.45, 7) is 4.91. The number of ether oxygens (including phenoxy) is 1. The average molecular weight is 610 g/mol. The largest absolute Gasteiger partial charge is 0.394 e. The van der Waals surface area contributed by atoms with Gasteiger partial charge in [-0.25, -0.2) is 17.9 Å². The van der Waals surface area contributed by atoms with E-state index in [2.05, 4.69) is 15.3 Å². The number of nitrogens with zero attached hydrogens (tertiary/aromatic N) is 5.